The summed E-state index contributed by atoms with van der Waals surface area (Å²) in [5.74, 6) is 0.0763. The lowest BCUT2D eigenvalue weighted by Crippen LogP contribution is -2.50. The summed E-state index contributed by atoms with van der Waals surface area (Å²) >= 11 is 0. The molecule has 3 aromatic rings. The highest BCUT2D eigenvalue weighted by molar-refractivity contribution is 7.92. The molecule has 3 aromatic carbocycles. The van der Waals surface area contributed by atoms with Crippen LogP contribution in [-0.4, -0.2) is 52.0 Å². The van der Waals surface area contributed by atoms with Crippen molar-refractivity contribution in [2.45, 2.75) is 18.0 Å². The van der Waals surface area contributed by atoms with E-state index in [1.165, 1.54) is 30.3 Å². The molecule has 1 aliphatic heterocycles. The summed E-state index contributed by atoms with van der Waals surface area (Å²) in [6.07, 6.45) is -4.41. The molecule has 0 radical (unpaired) electrons. The van der Waals surface area contributed by atoms with Gasteiger partial charge < -0.3 is 14.5 Å². The van der Waals surface area contributed by atoms with Gasteiger partial charge in [0.15, 0.2) is 6.61 Å². The first-order chi connectivity index (χ1) is 17.5. The Kier molecular flexibility index (Phi) is 7.63. The van der Waals surface area contributed by atoms with E-state index in [4.69, 9.17) is 4.74 Å². The van der Waals surface area contributed by atoms with Crippen molar-refractivity contribution < 1.29 is 31.1 Å². The Labute approximate surface area is 213 Å². The van der Waals surface area contributed by atoms with Gasteiger partial charge in [0.25, 0.3) is 15.9 Å². The van der Waals surface area contributed by atoms with E-state index in [-0.39, 0.29) is 17.4 Å². The van der Waals surface area contributed by atoms with Crippen LogP contribution in [0.3, 0.4) is 0 Å². The lowest BCUT2D eigenvalue weighted by molar-refractivity contribution is -0.137. The summed E-state index contributed by atoms with van der Waals surface area (Å²) < 4.78 is 72.4. The van der Waals surface area contributed by atoms with Gasteiger partial charge in [-0.3, -0.25) is 9.52 Å². The molecule has 11 heteroatoms. The van der Waals surface area contributed by atoms with Gasteiger partial charge in [0.1, 0.15) is 5.75 Å². The first-order valence-electron chi connectivity index (χ1n) is 11.5. The Morgan fingerprint density at radius 3 is 2.27 bits per heavy atom. The van der Waals surface area contributed by atoms with Gasteiger partial charge >= 0.3 is 6.18 Å². The summed E-state index contributed by atoms with van der Waals surface area (Å²) in [6.45, 7) is 3.05. The average Bonchev–Trinajstić information content (AvgIpc) is 2.88. The molecule has 1 aliphatic rings. The van der Waals surface area contributed by atoms with Gasteiger partial charge in [-0.1, -0.05) is 24.3 Å². The van der Waals surface area contributed by atoms with Crippen molar-refractivity contribution in [2.24, 2.45) is 0 Å². The maximum atomic E-state index is 13.0. The summed E-state index contributed by atoms with van der Waals surface area (Å²) in [5, 5.41) is 0. The molecule has 1 heterocycles. The fourth-order valence-electron chi connectivity index (χ4n) is 3.94. The molecular weight excluding hydrogens is 507 g/mol. The number of alkyl halides is 3. The molecular formula is C26H26F3N3O4S. The number of hydrogen-bond acceptors (Lipinski definition) is 5. The largest absolute Gasteiger partial charge is 0.484 e. The molecule has 1 amide bonds. The number of rotatable bonds is 7. The number of nitrogens with zero attached hydrogens (tertiary/aromatic N) is 2. The van der Waals surface area contributed by atoms with Crippen LogP contribution in [0, 0.1) is 6.92 Å². The molecule has 1 fully saturated rings. The lowest BCUT2D eigenvalue weighted by Gasteiger charge is -2.36. The van der Waals surface area contributed by atoms with Crippen molar-refractivity contribution in [3.8, 4) is 5.75 Å². The lowest BCUT2D eigenvalue weighted by atomic mass is 10.1. The minimum absolute atomic E-state index is 0.0557. The van der Waals surface area contributed by atoms with Gasteiger partial charge in [-0.25, -0.2) is 8.42 Å². The van der Waals surface area contributed by atoms with Crippen molar-refractivity contribution >= 4 is 27.3 Å². The molecule has 0 bridgehead atoms. The first-order valence-corrected chi connectivity index (χ1v) is 13.0. The highest BCUT2D eigenvalue weighted by atomic mass is 32.2. The van der Waals surface area contributed by atoms with Crippen LogP contribution in [0.1, 0.15) is 11.1 Å². The van der Waals surface area contributed by atoms with Gasteiger partial charge in [-0.15, -0.1) is 0 Å². The van der Waals surface area contributed by atoms with Crippen LogP contribution in [0.25, 0.3) is 0 Å². The van der Waals surface area contributed by atoms with Crippen molar-refractivity contribution in [2.75, 3.05) is 42.4 Å². The molecule has 0 unspecified atom stereocenters. The Balaban J connectivity index is 1.29. The van der Waals surface area contributed by atoms with Gasteiger partial charge in [0.05, 0.1) is 16.1 Å². The number of ether oxygens (including phenoxy) is 1. The zero-order valence-electron chi connectivity index (χ0n) is 20.0. The van der Waals surface area contributed by atoms with Crippen LogP contribution in [0.5, 0.6) is 5.75 Å². The van der Waals surface area contributed by atoms with E-state index in [1.54, 1.807) is 36.1 Å². The Hall–Kier alpha value is -3.73. The molecule has 0 spiro atoms. The van der Waals surface area contributed by atoms with E-state index in [1.807, 2.05) is 11.0 Å². The molecule has 7 nitrogen and oxygen atoms in total. The van der Waals surface area contributed by atoms with E-state index in [2.05, 4.69) is 4.72 Å². The fraction of sp³-hybridized carbons (Fsp3) is 0.269. The van der Waals surface area contributed by atoms with E-state index in [9.17, 15) is 26.4 Å². The highest BCUT2D eigenvalue weighted by Gasteiger charge is 2.31. The van der Waals surface area contributed by atoms with Crippen LogP contribution < -0.4 is 14.4 Å². The third kappa shape index (κ3) is 6.53. The quantitative estimate of drug-likeness (QED) is 0.483. The minimum atomic E-state index is -4.41. The van der Waals surface area contributed by atoms with Gasteiger partial charge in [-0.2, -0.15) is 13.2 Å². The van der Waals surface area contributed by atoms with Gasteiger partial charge in [-0.05, 0) is 61.0 Å². The second-order valence-corrected chi connectivity index (χ2v) is 10.3. The third-order valence-electron chi connectivity index (χ3n) is 6.06. The van der Waals surface area contributed by atoms with Crippen molar-refractivity contribution in [1.29, 1.82) is 0 Å². The molecule has 0 atom stereocenters. The van der Waals surface area contributed by atoms with E-state index >= 15 is 0 Å². The molecule has 37 heavy (non-hydrogen) atoms. The van der Waals surface area contributed by atoms with Crippen LogP contribution in [-0.2, 0) is 21.0 Å². The number of hydrogen-bond donors (Lipinski definition) is 1. The zero-order chi connectivity index (χ0) is 26.6. The number of piperazine rings is 1. The maximum absolute atomic E-state index is 13.0. The molecule has 0 aromatic heterocycles. The zero-order valence-corrected chi connectivity index (χ0v) is 20.8. The first kappa shape index (κ1) is 26.3. The average molecular weight is 534 g/mol. The van der Waals surface area contributed by atoms with Gasteiger partial charge in [0, 0.05) is 31.9 Å². The number of nitrogens with one attached hydrogen (secondary N) is 1. The maximum Gasteiger partial charge on any atom is 0.416 e. The molecule has 4 rings (SSSR count). The monoisotopic (exact) mass is 533 g/mol. The second-order valence-electron chi connectivity index (χ2n) is 8.60. The summed E-state index contributed by atoms with van der Waals surface area (Å²) in [4.78, 5) is 16.0. The minimum Gasteiger partial charge on any atom is -0.484 e. The summed E-state index contributed by atoms with van der Waals surface area (Å²) in [6, 6.07) is 17.9. The van der Waals surface area contributed by atoms with Crippen LogP contribution in [0.2, 0.25) is 0 Å². The molecule has 1 saturated heterocycles. The van der Waals surface area contributed by atoms with Crippen LogP contribution in [0.4, 0.5) is 24.5 Å². The Bertz CT molecular complexity index is 1350. The topological polar surface area (TPSA) is 78.9 Å². The summed E-state index contributed by atoms with van der Waals surface area (Å²) in [7, 11) is -3.79. The number of sulfonamides is 1. The van der Waals surface area contributed by atoms with Crippen LogP contribution in [0.15, 0.2) is 77.7 Å². The van der Waals surface area contributed by atoms with E-state index in [0.717, 1.165) is 17.7 Å². The molecule has 0 saturated carbocycles. The number of halogens is 3. The number of benzene rings is 3. The van der Waals surface area contributed by atoms with Crippen molar-refractivity contribution in [3.05, 3.63) is 83.9 Å². The number of aryl methyl sites for hydroxylation is 1. The number of carbonyl (C=O) groups excluding carboxylic acids is 1. The van der Waals surface area contributed by atoms with Crippen molar-refractivity contribution in [3.63, 3.8) is 0 Å². The van der Waals surface area contributed by atoms with Crippen molar-refractivity contribution in [1.82, 2.24) is 4.90 Å². The second kappa shape index (κ2) is 10.7. The normalized spacial score (nSPS) is 14.4. The predicted octanol–water partition coefficient (Wildman–Crippen LogP) is 4.54. The number of amides is 1. The number of anilines is 2. The summed E-state index contributed by atoms with van der Waals surface area (Å²) in [5.41, 5.74) is 1.04. The fourth-order valence-corrected chi connectivity index (χ4v) is 5.07. The van der Waals surface area contributed by atoms with Crippen LogP contribution >= 0.6 is 0 Å². The molecule has 1 N–H and O–H groups in total. The molecule has 0 aliphatic carbocycles. The standard InChI is InChI=1S/C26H26F3N3O4S/c1-19-5-2-3-8-24(19)30-37(34,35)23-11-9-22(10-12-23)36-18-25(33)32-15-13-31(14-16-32)21-7-4-6-20(17-21)26(27,28)29/h2-12,17,30H,13-16,18H2,1H3. The Morgan fingerprint density at radius 2 is 1.62 bits per heavy atom. The van der Waals surface area contributed by atoms with E-state index in [0.29, 0.717) is 43.3 Å². The smallest absolute Gasteiger partial charge is 0.416 e. The molecule has 196 valence electrons. The van der Waals surface area contributed by atoms with E-state index < -0.39 is 21.8 Å². The van der Waals surface area contributed by atoms with Gasteiger partial charge in [0.2, 0.25) is 0 Å². The third-order valence-corrected chi connectivity index (χ3v) is 7.44. The SMILES string of the molecule is Cc1ccccc1NS(=O)(=O)c1ccc(OCC(=O)N2CCN(c3cccc(C(F)(F)F)c3)CC2)cc1. The number of para-hydroxylation sites is 1. The number of carbonyl (C=O) groups is 1. The predicted molar refractivity (Wildman–Crippen MR) is 134 cm³/mol. The Morgan fingerprint density at radius 1 is 0.946 bits per heavy atom. The highest BCUT2D eigenvalue weighted by Crippen LogP contribution is 2.32.